The third-order valence-electron chi connectivity index (χ3n) is 7.72. The molecule has 4 fully saturated rings. The Balaban J connectivity index is 1.35. The molecule has 1 saturated carbocycles. The van der Waals surface area contributed by atoms with Crippen molar-refractivity contribution in [1.82, 2.24) is 15.1 Å². The minimum absolute atomic E-state index is 0.0776. The number of hydrogen-bond donors (Lipinski definition) is 1. The summed E-state index contributed by atoms with van der Waals surface area (Å²) in [4.78, 5) is 29.3. The Hall–Kier alpha value is -1.18. The van der Waals surface area contributed by atoms with Crippen LogP contribution in [0.25, 0.3) is 0 Å². The van der Waals surface area contributed by atoms with Crippen LogP contribution in [0.2, 0.25) is 0 Å². The van der Waals surface area contributed by atoms with Crippen molar-refractivity contribution in [2.45, 2.75) is 77.5 Å². The van der Waals surface area contributed by atoms with Crippen molar-refractivity contribution < 1.29 is 19.1 Å². The number of carbonyl (C=O) groups excluding carboxylic acids is 2. The van der Waals surface area contributed by atoms with Crippen molar-refractivity contribution in [3.05, 3.63) is 0 Å². The molecule has 0 radical (unpaired) electrons. The van der Waals surface area contributed by atoms with Crippen molar-refractivity contribution in [2.75, 3.05) is 39.5 Å². The zero-order valence-corrected chi connectivity index (χ0v) is 18.2. The van der Waals surface area contributed by atoms with Crippen LogP contribution in [0.3, 0.4) is 0 Å². The minimum Gasteiger partial charge on any atom is -0.450 e. The van der Waals surface area contributed by atoms with Gasteiger partial charge in [-0.2, -0.15) is 0 Å². The number of carbonyl (C=O) groups is 2. The molecule has 3 aliphatic heterocycles. The Morgan fingerprint density at radius 2 is 1.93 bits per heavy atom. The quantitative estimate of drug-likeness (QED) is 0.729. The average molecular weight is 408 g/mol. The molecule has 0 aromatic carbocycles. The second-order valence-corrected chi connectivity index (χ2v) is 10.0. The molecule has 3 heterocycles. The van der Waals surface area contributed by atoms with Crippen LogP contribution < -0.4 is 5.32 Å². The largest absolute Gasteiger partial charge is 0.450 e. The number of rotatable bonds is 6. The van der Waals surface area contributed by atoms with Gasteiger partial charge in [-0.15, -0.1) is 0 Å². The molecule has 0 aromatic rings. The van der Waals surface area contributed by atoms with E-state index in [2.05, 4.69) is 17.1 Å². The smallest absolute Gasteiger partial charge is 0.411 e. The van der Waals surface area contributed by atoms with Crippen molar-refractivity contribution in [3.63, 3.8) is 0 Å². The van der Waals surface area contributed by atoms with Crippen molar-refractivity contribution in [2.24, 2.45) is 10.8 Å². The fourth-order valence-electron chi connectivity index (χ4n) is 5.79. The monoisotopic (exact) mass is 407 g/mol. The number of ketones is 1. The molecule has 7 heteroatoms. The van der Waals surface area contributed by atoms with E-state index in [-0.39, 0.29) is 29.5 Å². The maximum Gasteiger partial charge on any atom is 0.411 e. The number of piperidine rings is 1. The molecule has 1 N–H and O–H groups in total. The number of amides is 1. The lowest BCUT2D eigenvalue weighted by Gasteiger charge is -2.46. The molecule has 2 atom stereocenters. The van der Waals surface area contributed by atoms with Gasteiger partial charge in [0.2, 0.25) is 0 Å². The van der Waals surface area contributed by atoms with Gasteiger partial charge >= 0.3 is 6.09 Å². The summed E-state index contributed by atoms with van der Waals surface area (Å²) in [6.45, 7) is 10.2. The van der Waals surface area contributed by atoms with Gasteiger partial charge in [0, 0.05) is 31.1 Å². The molecule has 164 valence electrons. The molecule has 2 unspecified atom stereocenters. The van der Waals surface area contributed by atoms with Gasteiger partial charge in [0.25, 0.3) is 0 Å². The Kier molecular flexibility index (Phi) is 5.93. The van der Waals surface area contributed by atoms with Crippen LogP contribution in [-0.2, 0) is 14.3 Å². The maximum atomic E-state index is 12.6. The van der Waals surface area contributed by atoms with Crippen LogP contribution in [0.4, 0.5) is 4.79 Å². The van der Waals surface area contributed by atoms with Crippen LogP contribution in [0.1, 0.15) is 59.3 Å². The predicted octanol–water partition coefficient (Wildman–Crippen LogP) is 2.39. The maximum absolute atomic E-state index is 12.6. The number of ether oxygens (including phenoxy) is 2. The predicted molar refractivity (Wildman–Crippen MR) is 110 cm³/mol. The van der Waals surface area contributed by atoms with Gasteiger partial charge in [-0.25, -0.2) is 4.79 Å². The fraction of sp³-hybridized carbons (Fsp3) is 0.909. The summed E-state index contributed by atoms with van der Waals surface area (Å²) >= 11 is 0. The molecule has 29 heavy (non-hydrogen) atoms. The lowest BCUT2D eigenvalue weighted by molar-refractivity contribution is -0.146. The minimum atomic E-state index is -0.156. The van der Waals surface area contributed by atoms with Gasteiger partial charge in [0.05, 0.1) is 32.0 Å². The summed E-state index contributed by atoms with van der Waals surface area (Å²) < 4.78 is 10.7. The first-order chi connectivity index (χ1) is 13.9. The SMILES string of the molecule is CCOC(=O)N1CC2(CCC2)CC1N1CCC(NC(C(C)=O)C2(C)COC2)CC1. The Labute approximate surface area is 174 Å². The van der Waals surface area contributed by atoms with E-state index in [4.69, 9.17) is 9.47 Å². The van der Waals surface area contributed by atoms with Crippen molar-refractivity contribution >= 4 is 11.9 Å². The molecule has 7 nitrogen and oxygen atoms in total. The first-order valence-electron chi connectivity index (χ1n) is 11.4. The summed E-state index contributed by atoms with van der Waals surface area (Å²) in [6, 6.07) is 0.209. The topological polar surface area (TPSA) is 71.1 Å². The Morgan fingerprint density at radius 1 is 1.24 bits per heavy atom. The zero-order valence-electron chi connectivity index (χ0n) is 18.2. The third-order valence-corrected chi connectivity index (χ3v) is 7.72. The molecule has 4 aliphatic rings. The molecule has 1 spiro atoms. The number of nitrogens with one attached hydrogen (secondary N) is 1. The second-order valence-electron chi connectivity index (χ2n) is 10.0. The first-order valence-corrected chi connectivity index (χ1v) is 11.4. The highest BCUT2D eigenvalue weighted by Crippen LogP contribution is 2.51. The summed E-state index contributed by atoms with van der Waals surface area (Å²) in [5, 5.41) is 3.64. The number of Topliss-reactive ketones (excluding diaryl/α,β-unsaturated/α-hetero) is 1. The van der Waals surface area contributed by atoms with E-state index in [1.165, 1.54) is 19.3 Å². The summed E-state index contributed by atoms with van der Waals surface area (Å²) in [7, 11) is 0. The van der Waals surface area contributed by atoms with Crippen molar-refractivity contribution in [3.8, 4) is 0 Å². The van der Waals surface area contributed by atoms with E-state index in [1.807, 2.05) is 11.8 Å². The summed E-state index contributed by atoms with van der Waals surface area (Å²) in [5.41, 5.74) is 0.247. The molecular weight excluding hydrogens is 370 g/mol. The van der Waals surface area contributed by atoms with Gasteiger partial charge in [0.15, 0.2) is 0 Å². The molecule has 4 rings (SSSR count). The normalized spacial score (nSPS) is 29.9. The van der Waals surface area contributed by atoms with Crippen LogP contribution >= 0.6 is 0 Å². The van der Waals surface area contributed by atoms with Crippen LogP contribution in [0.5, 0.6) is 0 Å². The summed E-state index contributed by atoms with van der Waals surface area (Å²) in [6.07, 6.45) is 6.84. The fourth-order valence-corrected chi connectivity index (χ4v) is 5.79. The average Bonchev–Trinajstić information content (AvgIpc) is 3.06. The van der Waals surface area contributed by atoms with Crippen molar-refractivity contribution in [1.29, 1.82) is 0 Å². The van der Waals surface area contributed by atoms with E-state index in [9.17, 15) is 9.59 Å². The Bertz CT molecular complexity index is 624. The number of hydrogen-bond acceptors (Lipinski definition) is 6. The van der Waals surface area contributed by atoms with Gasteiger partial charge in [-0.3, -0.25) is 14.6 Å². The lowest BCUT2D eigenvalue weighted by atomic mass is 9.68. The molecule has 1 amide bonds. The standard InChI is InChI=1S/C22H37N3O4/c1-4-29-20(27)25-13-22(8-5-9-22)12-18(25)24-10-6-17(7-11-24)23-19(16(2)26)21(3)14-28-15-21/h17-19,23H,4-15H2,1-3H3. The molecule has 0 bridgehead atoms. The zero-order chi connectivity index (χ0) is 20.6. The third kappa shape index (κ3) is 4.06. The number of likely N-dealkylation sites (tertiary alicyclic amines) is 2. The van der Waals surface area contributed by atoms with E-state index >= 15 is 0 Å². The van der Waals surface area contributed by atoms with E-state index in [1.54, 1.807) is 6.92 Å². The van der Waals surface area contributed by atoms with Gasteiger partial charge in [-0.05, 0) is 51.4 Å². The lowest BCUT2D eigenvalue weighted by Crippen LogP contribution is -2.61. The van der Waals surface area contributed by atoms with Crippen LogP contribution in [0.15, 0.2) is 0 Å². The van der Waals surface area contributed by atoms with E-state index in [0.29, 0.717) is 31.3 Å². The van der Waals surface area contributed by atoms with E-state index < -0.39 is 0 Å². The highest BCUT2D eigenvalue weighted by Gasteiger charge is 2.52. The van der Waals surface area contributed by atoms with E-state index in [0.717, 1.165) is 38.9 Å². The molecule has 3 saturated heterocycles. The molecule has 1 aliphatic carbocycles. The summed E-state index contributed by atoms with van der Waals surface area (Å²) in [5.74, 6) is 0.203. The Morgan fingerprint density at radius 3 is 2.41 bits per heavy atom. The van der Waals surface area contributed by atoms with Crippen LogP contribution in [-0.4, -0.2) is 79.4 Å². The molecular formula is C22H37N3O4. The van der Waals surface area contributed by atoms with Crippen LogP contribution in [0, 0.1) is 10.8 Å². The first kappa shape index (κ1) is 21.1. The highest BCUT2D eigenvalue weighted by molar-refractivity contribution is 5.82. The van der Waals surface area contributed by atoms with Gasteiger partial charge in [0.1, 0.15) is 5.78 Å². The molecule has 0 aromatic heterocycles. The van der Waals surface area contributed by atoms with Gasteiger partial charge < -0.3 is 14.8 Å². The second kappa shape index (κ2) is 8.16. The number of nitrogens with zero attached hydrogens (tertiary/aromatic N) is 2. The van der Waals surface area contributed by atoms with Gasteiger partial charge in [-0.1, -0.05) is 13.3 Å². The highest BCUT2D eigenvalue weighted by atomic mass is 16.6.